The maximum Gasteiger partial charge on any atom is 0.271 e. The number of aromatic nitrogens is 2. The molecule has 0 aliphatic heterocycles. The summed E-state index contributed by atoms with van der Waals surface area (Å²) in [7, 11) is 0. The van der Waals surface area contributed by atoms with E-state index in [9.17, 15) is 4.79 Å². The zero-order valence-corrected chi connectivity index (χ0v) is 15.1. The van der Waals surface area contributed by atoms with E-state index in [2.05, 4.69) is 20.6 Å². The van der Waals surface area contributed by atoms with Crippen molar-refractivity contribution >= 4 is 29.0 Å². The van der Waals surface area contributed by atoms with Gasteiger partial charge in [-0.2, -0.15) is 0 Å². The largest absolute Gasteiger partial charge is 0.350 e. The highest BCUT2D eigenvalue weighted by atomic mass is 35.5. The standard InChI is InChI=1S/C20H19ClN4O/c1-14-5-7-17(8-6-14)25-19-13-23-18(12-24-19)20(26)22-10-9-15-3-2-4-16(21)11-15/h2-8,11-13H,9-10H2,1H3,(H,22,26)(H,24,25). The Morgan fingerprint density at radius 3 is 2.58 bits per heavy atom. The number of nitrogens with zero attached hydrogens (tertiary/aromatic N) is 2. The van der Waals surface area contributed by atoms with Gasteiger partial charge in [0.1, 0.15) is 11.5 Å². The molecule has 0 bridgehead atoms. The van der Waals surface area contributed by atoms with Gasteiger partial charge in [-0.15, -0.1) is 0 Å². The van der Waals surface area contributed by atoms with Crippen molar-refractivity contribution in [2.45, 2.75) is 13.3 Å². The molecule has 132 valence electrons. The van der Waals surface area contributed by atoms with Gasteiger partial charge in [0.25, 0.3) is 5.91 Å². The number of amides is 1. The second-order valence-corrected chi connectivity index (χ2v) is 6.35. The van der Waals surface area contributed by atoms with Gasteiger partial charge in [0.05, 0.1) is 12.4 Å². The van der Waals surface area contributed by atoms with Crippen molar-refractivity contribution in [3.05, 3.63) is 82.8 Å². The van der Waals surface area contributed by atoms with Crippen LogP contribution in [0, 0.1) is 6.92 Å². The van der Waals surface area contributed by atoms with Gasteiger partial charge < -0.3 is 10.6 Å². The molecule has 5 nitrogen and oxygen atoms in total. The van der Waals surface area contributed by atoms with Gasteiger partial charge in [-0.1, -0.05) is 41.4 Å². The summed E-state index contributed by atoms with van der Waals surface area (Å²) in [6, 6.07) is 15.5. The normalized spacial score (nSPS) is 10.4. The van der Waals surface area contributed by atoms with E-state index in [4.69, 9.17) is 11.6 Å². The topological polar surface area (TPSA) is 66.9 Å². The van der Waals surface area contributed by atoms with Crippen LogP contribution < -0.4 is 10.6 Å². The van der Waals surface area contributed by atoms with Crippen LogP contribution in [0.4, 0.5) is 11.5 Å². The average molecular weight is 367 g/mol. The lowest BCUT2D eigenvalue weighted by Crippen LogP contribution is -2.26. The van der Waals surface area contributed by atoms with Crippen LogP contribution in [-0.2, 0) is 6.42 Å². The number of hydrogen-bond donors (Lipinski definition) is 2. The fourth-order valence-electron chi connectivity index (χ4n) is 2.40. The molecule has 0 aliphatic rings. The summed E-state index contributed by atoms with van der Waals surface area (Å²) in [6.07, 6.45) is 3.71. The van der Waals surface area contributed by atoms with E-state index < -0.39 is 0 Å². The molecule has 1 aromatic heterocycles. The summed E-state index contributed by atoms with van der Waals surface area (Å²) in [5.41, 5.74) is 3.46. The van der Waals surface area contributed by atoms with E-state index in [1.165, 1.54) is 11.8 Å². The van der Waals surface area contributed by atoms with Crippen molar-refractivity contribution in [3.63, 3.8) is 0 Å². The molecule has 3 rings (SSSR count). The Hall–Kier alpha value is -2.92. The summed E-state index contributed by atoms with van der Waals surface area (Å²) in [6.45, 7) is 2.54. The molecule has 26 heavy (non-hydrogen) atoms. The summed E-state index contributed by atoms with van der Waals surface area (Å²) in [5.74, 6) is 0.339. The van der Waals surface area contributed by atoms with E-state index in [0.29, 0.717) is 23.8 Å². The van der Waals surface area contributed by atoms with Gasteiger partial charge in [0.15, 0.2) is 0 Å². The molecule has 0 spiro atoms. The number of nitrogens with one attached hydrogen (secondary N) is 2. The summed E-state index contributed by atoms with van der Waals surface area (Å²) in [4.78, 5) is 20.6. The first kappa shape index (κ1) is 17.9. The Bertz CT molecular complexity index is 879. The predicted octanol–water partition coefficient (Wildman–Crippen LogP) is 4.15. The van der Waals surface area contributed by atoms with Crippen LogP contribution in [0.3, 0.4) is 0 Å². The van der Waals surface area contributed by atoms with Crippen LogP contribution in [0.5, 0.6) is 0 Å². The number of carbonyl (C=O) groups excluding carboxylic acids is 1. The zero-order chi connectivity index (χ0) is 18.4. The second kappa shape index (κ2) is 8.45. The maximum absolute atomic E-state index is 12.1. The van der Waals surface area contributed by atoms with Crippen molar-refractivity contribution in [1.29, 1.82) is 0 Å². The third-order valence-electron chi connectivity index (χ3n) is 3.80. The molecule has 0 atom stereocenters. The second-order valence-electron chi connectivity index (χ2n) is 5.91. The third kappa shape index (κ3) is 5.04. The zero-order valence-electron chi connectivity index (χ0n) is 14.4. The van der Waals surface area contributed by atoms with Crippen molar-refractivity contribution in [1.82, 2.24) is 15.3 Å². The molecule has 0 radical (unpaired) electrons. The average Bonchev–Trinajstić information content (AvgIpc) is 2.64. The smallest absolute Gasteiger partial charge is 0.271 e. The van der Waals surface area contributed by atoms with Gasteiger partial charge in [0, 0.05) is 17.3 Å². The van der Waals surface area contributed by atoms with Gasteiger partial charge in [-0.3, -0.25) is 4.79 Å². The lowest BCUT2D eigenvalue weighted by atomic mass is 10.1. The highest BCUT2D eigenvalue weighted by molar-refractivity contribution is 6.30. The van der Waals surface area contributed by atoms with Crippen LogP contribution in [0.2, 0.25) is 5.02 Å². The number of benzene rings is 2. The minimum atomic E-state index is -0.249. The summed E-state index contributed by atoms with van der Waals surface area (Å²) >= 11 is 5.95. The quantitative estimate of drug-likeness (QED) is 0.687. The number of rotatable bonds is 6. The van der Waals surface area contributed by atoms with Crippen LogP contribution in [0.25, 0.3) is 0 Å². The summed E-state index contributed by atoms with van der Waals surface area (Å²) in [5, 5.41) is 6.68. The molecule has 0 saturated heterocycles. The number of halogens is 1. The minimum absolute atomic E-state index is 0.249. The number of anilines is 2. The van der Waals surface area contributed by atoms with Crippen molar-refractivity contribution in [2.24, 2.45) is 0 Å². The molecular formula is C20H19ClN4O. The Morgan fingerprint density at radius 1 is 1.08 bits per heavy atom. The number of aryl methyl sites for hydroxylation is 1. The van der Waals surface area contributed by atoms with Crippen LogP contribution in [-0.4, -0.2) is 22.4 Å². The van der Waals surface area contributed by atoms with Crippen molar-refractivity contribution in [2.75, 3.05) is 11.9 Å². The monoisotopic (exact) mass is 366 g/mol. The summed E-state index contributed by atoms with van der Waals surface area (Å²) < 4.78 is 0. The molecule has 2 N–H and O–H groups in total. The van der Waals surface area contributed by atoms with E-state index in [0.717, 1.165) is 11.3 Å². The molecule has 2 aromatic carbocycles. The molecule has 0 unspecified atom stereocenters. The third-order valence-corrected chi connectivity index (χ3v) is 4.03. The molecule has 1 heterocycles. The van der Waals surface area contributed by atoms with Crippen molar-refractivity contribution < 1.29 is 4.79 Å². The molecule has 1 amide bonds. The van der Waals surface area contributed by atoms with E-state index in [1.54, 1.807) is 6.20 Å². The molecule has 0 fully saturated rings. The number of hydrogen-bond acceptors (Lipinski definition) is 4. The molecule has 0 aliphatic carbocycles. The van der Waals surface area contributed by atoms with Gasteiger partial charge in [-0.05, 0) is 43.2 Å². The van der Waals surface area contributed by atoms with Gasteiger partial charge >= 0.3 is 0 Å². The fourth-order valence-corrected chi connectivity index (χ4v) is 2.61. The molecule has 0 saturated carbocycles. The highest BCUT2D eigenvalue weighted by Gasteiger charge is 2.08. The lowest BCUT2D eigenvalue weighted by Gasteiger charge is -2.07. The van der Waals surface area contributed by atoms with Crippen LogP contribution >= 0.6 is 11.6 Å². The minimum Gasteiger partial charge on any atom is -0.350 e. The Labute approximate surface area is 157 Å². The van der Waals surface area contributed by atoms with Gasteiger partial charge in [-0.25, -0.2) is 9.97 Å². The van der Waals surface area contributed by atoms with Gasteiger partial charge in [0.2, 0.25) is 0 Å². The first-order valence-corrected chi connectivity index (χ1v) is 8.66. The van der Waals surface area contributed by atoms with Crippen molar-refractivity contribution in [3.8, 4) is 0 Å². The Kier molecular flexibility index (Phi) is 5.81. The first-order valence-electron chi connectivity index (χ1n) is 8.28. The van der Waals surface area contributed by atoms with Crippen LogP contribution in [0.15, 0.2) is 60.9 Å². The maximum atomic E-state index is 12.1. The molecule has 6 heteroatoms. The highest BCUT2D eigenvalue weighted by Crippen LogP contribution is 2.14. The van der Waals surface area contributed by atoms with Crippen LogP contribution in [0.1, 0.15) is 21.6 Å². The Morgan fingerprint density at radius 2 is 1.88 bits per heavy atom. The molecular weight excluding hydrogens is 348 g/mol. The Balaban J connectivity index is 1.52. The predicted molar refractivity (Wildman–Crippen MR) is 104 cm³/mol. The SMILES string of the molecule is Cc1ccc(Nc2cnc(C(=O)NCCc3cccc(Cl)c3)cn2)cc1. The lowest BCUT2D eigenvalue weighted by molar-refractivity contribution is 0.0949. The van der Waals surface area contributed by atoms with E-state index in [-0.39, 0.29) is 11.6 Å². The van der Waals surface area contributed by atoms with E-state index in [1.807, 2.05) is 55.5 Å². The van der Waals surface area contributed by atoms with E-state index >= 15 is 0 Å². The number of carbonyl (C=O) groups is 1. The molecule has 3 aromatic rings. The fraction of sp³-hybridized carbons (Fsp3) is 0.150. The first-order chi connectivity index (χ1) is 12.6.